The molecule has 27 heavy (non-hydrogen) atoms. The van der Waals surface area contributed by atoms with E-state index in [4.69, 9.17) is 0 Å². The summed E-state index contributed by atoms with van der Waals surface area (Å²) in [5, 5.41) is 0.821. The molecule has 0 radical (unpaired) electrons. The molecule has 1 saturated heterocycles. The van der Waals surface area contributed by atoms with Crippen LogP contribution in [0.15, 0.2) is 35.1 Å². The highest BCUT2D eigenvalue weighted by Gasteiger charge is 2.32. The van der Waals surface area contributed by atoms with Crippen LogP contribution in [0.5, 0.6) is 0 Å². The van der Waals surface area contributed by atoms with E-state index in [9.17, 15) is 9.59 Å². The van der Waals surface area contributed by atoms with Crippen LogP contribution >= 0.6 is 11.3 Å². The van der Waals surface area contributed by atoms with Crippen molar-refractivity contribution in [1.82, 2.24) is 19.4 Å². The molecule has 7 heteroatoms. The first-order valence-electron chi connectivity index (χ1n) is 9.28. The summed E-state index contributed by atoms with van der Waals surface area (Å²) in [5.74, 6) is 0.865. The zero-order chi connectivity index (χ0) is 19.0. The van der Waals surface area contributed by atoms with Crippen LogP contribution in [0.1, 0.15) is 42.2 Å². The first-order valence-corrected chi connectivity index (χ1v) is 10.1. The average molecular weight is 382 g/mol. The van der Waals surface area contributed by atoms with E-state index in [1.54, 1.807) is 11.6 Å². The van der Waals surface area contributed by atoms with Crippen molar-refractivity contribution in [3.8, 4) is 0 Å². The number of fused-ring (bicyclic) bond motifs is 1. The summed E-state index contributed by atoms with van der Waals surface area (Å²) in [5.41, 5.74) is 1.32. The SMILES string of the molecule is CCc1nc2sc(C3CCCN3C(=O)Cc3ccccc3)nc2c(=O)n1C. The highest BCUT2D eigenvalue weighted by molar-refractivity contribution is 7.18. The molecule has 1 atom stereocenters. The molecule has 140 valence electrons. The van der Waals surface area contributed by atoms with Gasteiger partial charge in [-0.1, -0.05) is 48.6 Å². The van der Waals surface area contributed by atoms with Crippen molar-refractivity contribution in [3.05, 3.63) is 57.1 Å². The summed E-state index contributed by atoms with van der Waals surface area (Å²) < 4.78 is 1.57. The van der Waals surface area contributed by atoms with Gasteiger partial charge in [0.05, 0.1) is 12.5 Å². The second-order valence-corrected chi connectivity index (χ2v) is 7.87. The maximum absolute atomic E-state index is 12.9. The maximum Gasteiger partial charge on any atom is 0.280 e. The number of likely N-dealkylation sites (tertiary alicyclic amines) is 1. The minimum Gasteiger partial charge on any atom is -0.333 e. The maximum atomic E-state index is 12.9. The molecule has 3 aromatic rings. The number of carbonyl (C=O) groups excluding carboxylic acids is 1. The van der Waals surface area contributed by atoms with Crippen LogP contribution in [-0.4, -0.2) is 31.9 Å². The zero-order valence-electron chi connectivity index (χ0n) is 15.5. The molecule has 2 aromatic heterocycles. The van der Waals surface area contributed by atoms with E-state index in [-0.39, 0.29) is 17.5 Å². The van der Waals surface area contributed by atoms with Gasteiger partial charge in [-0.3, -0.25) is 14.2 Å². The van der Waals surface area contributed by atoms with Crippen molar-refractivity contribution in [1.29, 1.82) is 0 Å². The van der Waals surface area contributed by atoms with Gasteiger partial charge in [0, 0.05) is 20.0 Å². The third-order valence-corrected chi connectivity index (χ3v) is 6.17. The Morgan fingerprint density at radius 3 is 2.78 bits per heavy atom. The number of nitrogens with zero attached hydrogens (tertiary/aromatic N) is 4. The molecular formula is C20H22N4O2S. The number of thiazole rings is 1. The van der Waals surface area contributed by atoms with Crippen molar-refractivity contribution in [2.24, 2.45) is 7.05 Å². The molecule has 0 bridgehead atoms. The Morgan fingerprint density at radius 2 is 2.04 bits per heavy atom. The Balaban J connectivity index is 1.65. The number of hydrogen-bond donors (Lipinski definition) is 0. The van der Waals surface area contributed by atoms with E-state index in [1.165, 1.54) is 11.3 Å². The van der Waals surface area contributed by atoms with Crippen LogP contribution in [-0.2, 0) is 24.7 Å². The molecule has 1 unspecified atom stereocenters. The smallest absolute Gasteiger partial charge is 0.280 e. The van der Waals surface area contributed by atoms with Crippen LogP contribution in [0, 0.1) is 0 Å². The van der Waals surface area contributed by atoms with Crippen LogP contribution < -0.4 is 5.56 Å². The molecule has 0 aliphatic carbocycles. The quantitative estimate of drug-likeness (QED) is 0.696. The van der Waals surface area contributed by atoms with Crippen LogP contribution in [0.3, 0.4) is 0 Å². The Morgan fingerprint density at radius 1 is 1.26 bits per heavy atom. The van der Waals surface area contributed by atoms with E-state index >= 15 is 0 Å². The number of aromatic nitrogens is 3. The summed E-state index contributed by atoms with van der Waals surface area (Å²) in [7, 11) is 1.73. The molecule has 1 aliphatic heterocycles. The number of rotatable bonds is 4. The zero-order valence-corrected chi connectivity index (χ0v) is 16.3. The number of benzene rings is 1. The third kappa shape index (κ3) is 3.27. The van der Waals surface area contributed by atoms with Gasteiger partial charge in [-0.25, -0.2) is 9.97 Å². The molecule has 6 nitrogen and oxygen atoms in total. The molecular weight excluding hydrogens is 360 g/mol. The van der Waals surface area contributed by atoms with E-state index in [0.717, 1.165) is 35.8 Å². The van der Waals surface area contributed by atoms with Gasteiger partial charge in [0.2, 0.25) is 5.91 Å². The Labute approximate surface area is 161 Å². The monoisotopic (exact) mass is 382 g/mol. The summed E-state index contributed by atoms with van der Waals surface area (Å²) >= 11 is 1.44. The first kappa shape index (κ1) is 17.9. The van der Waals surface area contributed by atoms with Crippen LogP contribution in [0.25, 0.3) is 10.3 Å². The third-order valence-electron chi connectivity index (χ3n) is 5.12. The highest BCUT2D eigenvalue weighted by Crippen LogP contribution is 2.35. The molecule has 0 saturated carbocycles. The Kier molecular flexibility index (Phi) is 4.78. The van der Waals surface area contributed by atoms with Crippen molar-refractivity contribution in [3.63, 3.8) is 0 Å². The fraction of sp³-hybridized carbons (Fsp3) is 0.400. The van der Waals surface area contributed by atoms with Gasteiger partial charge < -0.3 is 4.90 Å². The summed E-state index contributed by atoms with van der Waals surface area (Å²) in [6.45, 7) is 2.72. The standard InChI is InChI=1S/C20H22N4O2S/c1-3-15-21-19-17(20(26)23(15)2)22-18(27-19)14-10-7-11-24(14)16(25)12-13-8-5-4-6-9-13/h4-6,8-9,14H,3,7,10-12H2,1-2H3. The lowest BCUT2D eigenvalue weighted by atomic mass is 10.1. The lowest BCUT2D eigenvalue weighted by Gasteiger charge is -2.23. The number of carbonyl (C=O) groups is 1. The van der Waals surface area contributed by atoms with Gasteiger partial charge in [0.25, 0.3) is 5.56 Å². The fourth-order valence-corrected chi connectivity index (χ4v) is 4.76. The van der Waals surface area contributed by atoms with E-state index in [0.29, 0.717) is 23.2 Å². The topological polar surface area (TPSA) is 68.1 Å². The lowest BCUT2D eigenvalue weighted by Crippen LogP contribution is -2.31. The van der Waals surface area contributed by atoms with Crippen LogP contribution in [0.4, 0.5) is 0 Å². The summed E-state index contributed by atoms with van der Waals surface area (Å²) in [4.78, 5) is 37.2. The number of amides is 1. The number of aryl methyl sites for hydroxylation is 1. The van der Waals surface area contributed by atoms with Gasteiger partial charge in [0.1, 0.15) is 10.8 Å². The van der Waals surface area contributed by atoms with Gasteiger partial charge in [-0.05, 0) is 18.4 Å². The first-order chi connectivity index (χ1) is 13.1. The number of hydrogen-bond acceptors (Lipinski definition) is 5. The summed E-state index contributed by atoms with van der Waals surface area (Å²) in [6, 6.07) is 9.73. The van der Waals surface area contributed by atoms with Crippen molar-refractivity contribution in [2.45, 2.75) is 38.6 Å². The molecule has 1 aromatic carbocycles. The minimum atomic E-state index is -0.112. The molecule has 1 amide bonds. The van der Waals surface area contributed by atoms with E-state index in [1.807, 2.05) is 42.2 Å². The highest BCUT2D eigenvalue weighted by atomic mass is 32.1. The molecule has 3 heterocycles. The molecule has 1 fully saturated rings. The van der Waals surface area contributed by atoms with Gasteiger partial charge in [-0.15, -0.1) is 0 Å². The van der Waals surface area contributed by atoms with E-state index < -0.39 is 0 Å². The van der Waals surface area contributed by atoms with Gasteiger partial charge >= 0.3 is 0 Å². The van der Waals surface area contributed by atoms with Gasteiger partial charge in [-0.2, -0.15) is 0 Å². The predicted molar refractivity (Wildman–Crippen MR) is 106 cm³/mol. The van der Waals surface area contributed by atoms with E-state index in [2.05, 4.69) is 9.97 Å². The molecule has 0 N–H and O–H groups in total. The summed E-state index contributed by atoms with van der Waals surface area (Å²) in [6.07, 6.45) is 2.91. The Bertz CT molecular complexity index is 1040. The van der Waals surface area contributed by atoms with Crippen LogP contribution in [0.2, 0.25) is 0 Å². The lowest BCUT2D eigenvalue weighted by molar-refractivity contribution is -0.131. The largest absolute Gasteiger partial charge is 0.333 e. The second kappa shape index (κ2) is 7.23. The van der Waals surface area contributed by atoms with Gasteiger partial charge in [0.15, 0.2) is 10.3 Å². The average Bonchev–Trinajstić information content (AvgIpc) is 3.32. The molecule has 0 spiro atoms. The predicted octanol–water partition coefficient (Wildman–Crippen LogP) is 2.86. The minimum absolute atomic E-state index is 0.0600. The molecule has 1 aliphatic rings. The van der Waals surface area contributed by atoms with Crippen molar-refractivity contribution >= 4 is 27.6 Å². The Hall–Kier alpha value is -2.54. The second-order valence-electron chi connectivity index (χ2n) is 6.86. The fourth-order valence-electron chi connectivity index (χ4n) is 3.66. The van der Waals surface area contributed by atoms with Crippen molar-refractivity contribution in [2.75, 3.05) is 6.54 Å². The van der Waals surface area contributed by atoms with Crippen molar-refractivity contribution < 1.29 is 4.79 Å². The molecule has 4 rings (SSSR count). The normalized spacial score (nSPS) is 17.0.